The van der Waals surface area contributed by atoms with Crippen LogP contribution in [-0.2, 0) is 4.79 Å². The number of hydrogen-bond donors (Lipinski definition) is 2. The summed E-state index contributed by atoms with van der Waals surface area (Å²) in [5.41, 5.74) is 0.587. The van der Waals surface area contributed by atoms with Gasteiger partial charge in [0, 0.05) is 6.07 Å². The van der Waals surface area contributed by atoms with E-state index in [4.69, 9.17) is 4.42 Å². The molecule has 2 aliphatic rings. The van der Waals surface area contributed by atoms with Crippen molar-refractivity contribution in [1.29, 1.82) is 0 Å². The first-order valence-electron chi connectivity index (χ1n) is 3.97. The molecule has 62 valence electrons. The van der Waals surface area contributed by atoms with Gasteiger partial charge in [-0.05, 0) is 12.8 Å². The summed E-state index contributed by atoms with van der Waals surface area (Å²) in [5, 5.41) is 5.90. The lowest BCUT2D eigenvalue weighted by Crippen LogP contribution is -2.40. The molecule has 2 heterocycles. The van der Waals surface area contributed by atoms with Gasteiger partial charge in [0.05, 0.1) is 12.0 Å². The molecule has 1 aromatic heterocycles. The fourth-order valence-corrected chi connectivity index (χ4v) is 1.52. The zero-order valence-electron chi connectivity index (χ0n) is 6.39. The number of furan rings is 1. The fourth-order valence-electron chi connectivity index (χ4n) is 1.52. The lowest BCUT2D eigenvalue weighted by Gasteiger charge is -2.22. The van der Waals surface area contributed by atoms with E-state index in [1.165, 1.54) is 0 Å². The summed E-state index contributed by atoms with van der Waals surface area (Å²) in [4.78, 5) is 11.4. The number of anilines is 2. The molecule has 1 aliphatic carbocycles. The maximum absolute atomic E-state index is 11.4. The van der Waals surface area contributed by atoms with Gasteiger partial charge in [-0.1, -0.05) is 0 Å². The molecule has 4 heteroatoms. The molecule has 0 unspecified atom stereocenters. The van der Waals surface area contributed by atoms with E-state index in [0.29, 0.717) is 5.88 Å². The second-order valence-corrected chi connectivity index (χ2v) is 3.32. The van der Waals surface area contributed by atoms with E-state index in [-0.39, 0.29) is 11.4 Å². The van der Waals surface area contributed by atoms with Gasteiger partial charge in [0.1, 0.15) is 5.54 Å². The molecule has 0 aromatic carbocycles. The highest BCUT2D eigenvalue weighted by atomic mass is 16.3. The maximum Gasteiger partial charge on any atom is 0.252 e. The minimum Gasteiger partial charge on any atom is -0.446 e. The highest BCUT2D eigenvalue weighted by molar-refractivity contribution is 6.06. The third kappa shape index (κ3) is 0.598. The molecule has 4 nitrogen and oxygen atoms in total. The van der Waals surface area contributed by atoms with E-state index < -0.39 is 0 Å². The first-order valence-corrected chi connectivity index (χ1v) is 3.97. The van der Waals surface area contributed by atoms with Gasteiger partial charge in [-0.25, -0.2) is 0 Å². The summed E-state index contributed by atoms with van der Waals surface area (Å²) >= 11 is 0. The molecular formula is C8H8N2O2. The van der Waals surface area contributed by atoms with Crippen molar-refractivity contribution < 1.29 is 9.21 Å². The van der Waals surface area contributed by atoms with Crippen molar-refractivity contribution in [2.75, 3.05) is 10.6 Å². The van der Waals surface area contributed by atoms with Crippen LogP contribution in [0.1, 0.15) is 12.8 Å². The molecule has 0 bridgehead atoms. The van der Waals surface area contributed by atoms with E-state index in [9.17, 15) is 4.79 Å². The molecule has 0 radical (unpaired) electrons. The minimum atomic E-state index is -0.309. The Morgan fingerprint density at radius 2 is 2.33 bits per heavy atom. The Bertz CT molecular complexity index is 352. The van der Waals surface area contributed by atoms with E-state index in [1.54, 1.807) is 6.26 Å². The zero-order chi connectivity index (χ0) is 8.18. The van der Waals surface area contributed by atoms with Crippen molar-refractivity contribution >= 4 is 17.5 Å². The topological polar surface area (TPSA) is 54.3 Å². The Balaban J connectivity index is 2.07. The summed E-state index contributed by atoms with van der Waals surface area (Å²) in [7, 11) is 0. The van der Waals surface area contributed by atoms with Gasteiger partial charge >= 0.3 is 0 Å². The lowest BCUT2D eigenvalue weighted by atomic mass is 10.2. The van der Waals surface area contributed by atoms with Crippen molar-refractivity contribution in [3.63, 3.8) is 0 Å². The van der Waals surface area contributed by atoms with Gasteiger partial charge < -0.3 is 9.73 Å². The van der Waals surface area contributed by atoms with Gasteiger partial charge in [0.2, 0.25) is 5.88 Å². The van der Waals surface area contributed by atoms with Crippen LogP contribution in [0.3, 0.4) is 0 Å². The average Bonchev–Trinajstić information content (AvgIpc) is 2.67. The van der Waals surface area contributed by atoms with Gasteiger partial charge in [-0.3, -0.25) is 10.1 Å². The van der Waals surface area contributed by atoms with Gasteiger partial charge in [0.25, 0.3) is 5.91 Å². The summed E-state index contributed by atoms with van der Waals surface area (Å²) in [6.07, 6.45) is 3.41. The molecule has 1 aromatic rings. The van der Waals surface area contributed by atoms with Crippen LogP contribution in [0.4, 0.5) is 11.6 Å². The van der Waals surface area contributed by atoms with E-state index in [2.05, 4.69) is 10.6 Å². The number of rotatable bonds is 0. The second-order valence-electron chi connectivity index (χ2n) is 3.32. The monoisotopic (exact) mass is 164 g/mol. The van der Waals surface area contributed by atoms with E-state index in [1.807, 2.05) is 6.07 Å². The van der Waals surface area contributed by atoms with Crippen LogP contribution in [0.5, 0.6) is 0 Å². The number of fused-ring (bicyclic) bond motifs is 1. The van der Waals surface area contributed by atoms with Crippen molar-refractivity contribution in [3.05, 3.63) is 12.3 Å². The normalized spacial score (nSPS) is 22.8. The fraction of sp³-hybridized carbons (Fsp3) is 0.375. The molecule has 1 amide bonds. The number of nitrogens with one attached hydrogen (secondary N) is 2. The largest absolute Gasteiger partial charge is 0.446 e. The quantitative estimate of drug-likeness (QED) is 0.605. The molecule has 1 aliphatic heterocycles. The van der Waals surface area contributed by atoms with Crippen LogP contribution < -0.4 is 10.6 Å². The molecule has 0 saturated heterocycles. The highest BCUT2D eigenvalue weighted by Crippen LogP contribution is 2.45. The smallest absolute Gasteiger partial charge is 0.252 e. The molecule has 0 atom stereocenters. The zero-order valence-corrected chi connectivity index (χ0v) is 6.39. The number of carbonyl (C=O) groups is 1. The standard InChI is InChI=1S/C8H8N2O2/c11-7-8(2-3-8)10-5-1-4-12-6(5)9-7/h1,4,10H,2-3H2,(H,9,11). The van der Waals surface area contributed by atoms with Crippen LogP contribution >= 0.6 is 0 Å². The second kappa shape index (κ2) is 1.65. The SMILES string of the molecule is O=C1Nc2occc2NC12CC2. The molecule has 1 saturated carbocycles. The lowest BCUT2D eigenvalue weighted by molar-refractivity contribution is -0.118. The van der Waals surface area contributed by atoms with E-state index >= 15 is 0 Å². The van der Waals surface area contributed by atoms with Crippen molar-refractivity contribution in [1.82, 2.24) is 0 Å². The van der Waals surface area contributed by atoms with Crippen LogP contribution in [0.2, 0.25) is 0 Å². The number of carbonyl (C=O) groups excluding carboxylic acids is 1. The summed E-state index contributed by atoms with van der Waals surface area (Å²) in [5.74, 6) is 0.572. The van der Waals surface area contributed by atoms with Gasteiger partial charge in [-0.2, -0.15) is 0 Å². The van der Waals surface area contributed by atoms with Crippen molar-refractivity contribution in [3.8, 4) is 0 Å². The summed E-state index contributed by atoms with van der Waals surface area (Å²) < 4.78 is 5.05. The summed E-state index contributed by atoms with van der Waals surface area (Å²) in [6.45, 7) is 0. The number of hydrogen-bond acceptors (Lipinski definition) is 3. The van der Waals surface area contributed by atoms with Crippen LogP contribution in [0.25, 0.3) is 0 Å². The predicted molar refractivity (Wildman–Crippen MR) is 42.9 cm³/mol. The van der Waals surface area contributed by atoms with Gasteiger partial charge in [-0.15, -0.1) is 0 Å². The Labute approximate surface area is 68.9 Å². The Kier molecular flexibility index (Phi) is 0.842. The molecule has 3 rings (SSSR count). The van der Waals surface area contributed by atoms with Crippen LogP contribution in [0, 0.1) is 0 Å². The first-order chi connectivity index (χ1) is 5.80. The first kappa shape index (κ1) is 6.11. The van der Waals surface area contributed by atoms with Crippen molar-refractivity contribution in [2.24, 2.45) is 0 Å². The summed E-state index contributed by atoms with van der Waals surface area (Å²) in [6, 6.07) is 1.83. The maximum atomic E-state index is 11.4. The highest BCUT2D eigenvalue weighted by Gasteiger charge is 2.53. The predicted octanol–water partition coefficient (Wildman–Crippen LogP) is 1.18. The van der Waals surface area contributed by atoms with Crippen molar-refractivity contribution in [2.45, 2.75) is 18.4 Å². The molecule has 12 heavy (non-hydrogen) atoms. The molecule has 2 N–H and O–H groups in total. The Morgan fingerprint density at radius 1 is 1.50 bits per heavy atom. The third-order valence-electron chi connectivity index (χ3n) is 2.45. The minimum absolute atomic E-state index is 0.0324. The van der Waals surface area contributed by atoms with Gasteiger partial charge in [0.15, 0.2) is 0 Å². The van der Waals surface area contributed by atoms with Crippen LogP contribution in [0.15, 0.2) is 16.7 Å². The van der Waals surface area contributed by atoms with Crippen LogP contribution in [-0.4, -0.2) is 11.4 Å². The van der Waals surface area contributed by atoms with E-state index in [0.717, 1.165) is 18.5 Å². The average molecular weight is 164 g/mol. The Hall–Kier alpha value is -1.45. The molecular weight excluding hydrogens is 156 g/mol. The number of amides is 1. The Morgan fingerprint density at radius 3 is 3.08 bits per heavy atom. The molecule has 1 spiro atoms. The molecule has 1 fully saturated rings. The third-order valence-corrected chi connectivity index (χ3v) is 2.45.